The summed E-state index contributed by atoms with van der Waals surface area (Å²) in [5.74, 6) is 1.33. The van der Waals surface area contributed by atoms with Gasteiger partial charge in [-0.2, -0.15) is 9.78 Å². The van der Waals surface area contributed by atoms with Crippen LogP contribution >= 0.6 is 0 Å². The summed E-state index contributed by atoms with van der Waals surface area (Å²) >= 11 is 0. The van der Waals surface area contributed by atoms with Crippen molar-refractivity contribution in [1.82, 2.24) is 25.1 Å². The van der Waals surface area contributed by atoms with E-state index in [9.17, 15) is 4.79 Å². The van der Waals surface area contributed by atoms with E-state index in [1.54, 1.807) is 4.68 Å². The van der Waals surface area contributed by atoms with Crippen molar-refractivity contribution < 1.29 is 4.79 Å². The van der Waals surface area contributed by atoms with Crippen molar-refractivity contribution in [2.45, 2.75) is 39.2 Å². The molecule has 0 bridgehead atoms. The second kappa shape index (κ2) is 7.50. The van der Waals surface area contributed by atoms with Crippen LogP contribution in [0, 0.1) is 20.8 Å². The monoisotopic (exact) mass is 412 g/mol. The van der Waals surface area contributed by atoms with E-state index in [-0.39, 0.29) is 12.1 Å². The van der Waals surface area contributed by atoms with Crippen LogP contribution in [-0.2, 0) is 0 Å². The Hall–Kier alpha value is -3.74. The highest BCUT2D eigenvalue weighted by atomic mass is 16.2. The number of hydrogen-bond donors (Lipinski definition) is 2. The normalized spacial score (nSPS) is 17.5. The SMILES string of the molecule is Cc1cc(C)nc(-n2nc(C)cc2NC(=O)N[C@@H]2C[C@H]2c2ccc3ccccc3c2)n1. The van der Waals surface area contributed by atoms with Crippen LogP contribution in [-0.4, -0.2) is 31.8 Å². The number of amides is 2. The van der Waals surface area contributed by atoms with Gasteiger partial charge in [0.1, 0.15) is 5.82 Å². The molecule has 2 aromatic carbocycles. The number of rotatable bonds is 4. The Kier molecular flexibility index (Phi) is 4.66. The van der Waals surface area contributed by atoms with Crippen molar-refractivity contribution >= 4 is 22.6 Å². The van der Waals surface area contributed by atoms with Crippen molar-refractivity contribution in [3.63, 3.8) is 0 Å². The predicted octanol–water partition coefficient (Wildman–Crippen LogP) is 4.42. The molecule has 1 fully saturated rings. The molecule has 1 aliphatic carbocycles. The highest BCUT2D eigenvalue weighted by Crippen LogP contribution is 2.41. The summed E-state index contributed by atoms with van der Waals surface area (Å²) in [4.78, 5) is 21.6. The third kappa shape index (κ3) is 3.99. The van der Waals surface area contributed by atoms with Crippen LogP contribution in [0.2, 0.25) is 0 Å². The molecule has 7 nitrogen and oxygen atoms in total. The molecule has 2 amide bonds. The Labute approximate surface area is 180 Å². The molecule has 5 rings (SSSR count). The van der Waals surface area contributed by atoms with E-state index >= 15 is 0 Å². The Morgan fingerprint density at radius 3 is 2.45 bits per heavy atom. The lowest BCUT2D eigenvalue weighted by atomic mass is 10.0. The maximum absolute atomic E-state index is 12.7. The molecule has 0 saturated heterocycles. The molecule has 2 heterocycles. The molecule has 156 valence electrons. The molecule has 0 aliphatic heterocycles. The Bertz CT molecular complexity index is 1270. The number of benzene rings is 2. The molecule has 2 atom stereocenters. The second-order valence-electron chi connectivity index (χ2n) is 8.19. The maximum atomic E-state index is 12.7. The summed E-state index contributed by atoms with van der Waals surface area (Å²) in [5.41, 5.74) is 3.73. The van der Waals surface area contributed by atoms with E-state index in [0.717, 1.165) is 23.5 Å². The Morgan fingerprint density at radius 1 is 0.935 bits per heavy atom. The van der Waals surface area contributed by atoms with Crippen LogP contribution in [0.4, 0.5) is 10.6 Å². The van der Waals surface area contributed by atoms with Gasteiger partial charge in [-0.05, 0) is 49.6 Å². The Morgan fingerprint density at radius 2 is 1.68 bits per heavy atom. The first kappa shape index (κ1) is 19.2. The van der Waals surface area contributed by atoms with Crippen LogP contribution in [0.1, 0.15) is 35.0 Å². The van der Waals surface area contributed by atoms with Crippen molar-refractivity contribution in [2.24, 2.45) is 0 Å². The molecular formula is C24H24N6O. The summed E-state index contributed by atoms with van der Waals surface area (Å²) < 4.78 is 1.57. The molecule has 1 aliphatic rings. The summed E-state index contributed by atoms with van der Waals surface area (Å²) in [6.45, 7) is 5.70. The van der Waals surface area contributed by atoms with Crippen molar-refractivity contribution in [2.75, 3.05) is 5.32 Å². The molecule has 7 heteroatoms. The van der Waals surface area contributed by atoms with Crippen LogP contribution in [0.15, 0.2) is 54.6 Å². The smallest absolute Gasteiger partial charge is 0.320 e. The number of nitrogens with zero attached hydrogens (tertiary/aromatic N) is 4. The van der Waals surface area contributed by atoms with Crippen molar-refractivity contribution in [3.8, 4) is 5.95 Å². The third-order valence-corrected chi connectivity index (χ3v) is 5.54. The number of aryl methyl sites for hydroxylation is 3. The minimum absolute atomic E-state index is 0.121. The molecular weight excluding hydrogens is 388 g/mol. The zero-order valence-electron chi connectivity index (χ0n) is 17.8. The quantitative estimate of drug-likeness (QED) is 0.520. The topological polar surface area (TPSA) is 84.7 Å². The van der Waals surface area contributed by atoms with E-state index in [1.807, 2.05) is 45.0 Å². The fourth-order valence-electron chi connectivity index (χ4n) is 4.03. The van der Waals surface area contributed by atoms with Gasteiger partial charge in [0, 0.05) is 29.4 Å². The van der Waals surface area contributed by atoms with Gasteiger partial charge >= 0.3 is 6.03 Å². The first-order chi connectivity index (χ1) is 15.0. The average molecular weight is 412 g/mol. The molecule has 2 aromatic heterocycles. The number of fused-ring (bicyclic) bond motifs is 1. The number of anilines is 1. The van der Waals surface area contributed by atoms with Gasteiger partial charge in [0.05, 0.1) is 5.69 Å². The van der Waals surface area contributed by atoms with Crippen LogP contribution in [0.3, 0.4) is 0 Å². The second-order valence-corrected chi connectivity index (χ2v) is 8.19. The molecule has 4 aromatic rings. The van der Waals surface area contributed by atoms with Crippen LogP contribution in [0.25, 0.3) is 16.7 Å². The minimum atomic E-state index is -0.251. The highest BCUT2D eigenvalue weighted by molar-refractivity contribution is 5.89. The van der Waals surface area contributed by atoms with Gasteiger partial charge in [0.25, 0.3) is 5.95 Å². The van der Waals surface area contributed by atoms with Gasteiger partial charge in [-0.1, -0.05) is 42.5 Å². The minimum Gasteiger partial charge on any atom is -0.334 e. The first-order valence-corrected chi connectivity index (χ1v) is 10.4. The van der Waals surface area contributed by atoms with Gasteiger partial charge in [-0.25, -0.2) is 14.8 Å². The zero-order valence-corrected chi connectivity index (χ0v) is 17.8. The molecule has 31 heavy (non-hydrogen) atoms. The molecule has 1 saturated carbocycles. The standard InChI is InChI=1S/C24H24N6O/c1-14-10-15(2)26-23(25-14)30-22(11-16(3)29-30)28-24(31)27-21-13-20(21)19-9-8-17-6-4-5-7-18(17)12-19/h4-12,20-21H,13H2,1-3H3,(H2,27,28,31)/t20-,21+/m0/s1. The summed E-state index contributed by atoms with van der Waals surface area (Å²) in [7, 11) is 0. The van der Waals surface area contributed by atoms with E-state index in [4.69, 9.17) is 0 Å². The predicted molar refractivity (Wildman–Crippen MR) is 121 cm³/mol. The van der Waals surface area contributed by atoms with Crippen molar-refractivity contribution in [1.29, 1.82) is 0 Å². The summed E-state index contributed by atoms with van der Waals surface area (Å²) in [6.07, 6.45) is 0.935. The number of aromatic nitrogens is 4. The number of carbonyl (C=O) groups is 1. The van der Waals surface area contributed by atoms with Gasteiger partial charge < -0.3 is 5.32 Å². The zero-order chi connectivity index (χ0) is 21.5. The summed E-state index contributed by atoms with van der Waals surface area (Å²) in [5, 5.41) is 12.9. The van der Waals surface area contributed by atoms with E-state index in [1.165, 1.54) is 16.3 Å². The lowest BCUT2D eigenvalue weighted by Crippen LogP contribution is -2.32. The lowest BCUT2D eigenvalue weighted by Gasteiger charge is -2.10. The molecule has 0 spiro atoms. The number of hydrogen-bond acceptors (Lipinski definition) is 4. The van der Waals surface area contributed by atoms with Crippen molar-refractivity contribution in [3.05, 3.63) is 77.2 Å². The highest BCUT2D eigenvalue weighted by Gasteiger charge is 2.39. The Balaban J connectivity index is 1.28. The maximum Gasteiger partial charge on any atom is 0.320 e. The third-order valence-electron chi connectivity index (χ3n) is 5.54. The van der Waals surface area contributed by atoms with Gasteiger partial charge in [-0.3, -0.25) is 5.32 Å². The van der Waals surface area contributed by atoms with E-state index in [0.29, 0.717) is 17.7 Å². The number of nitrogens with one attached hydrogen (secondary N) is 2. The average Bonchev–Trinajstić information content (AvgIpc) is 3.39. The number of carbonyl (C=O) groups excluding carboxylic acids is 1. The molecule has 0 unspecified atom stereocenters. The lowest BCUT2D eigenvalue weighted by molar-refractivity contribution is 0.251. The van der Waals surface area contributed by atoms with E-state index in [2.05, 4.69) is 56.0 Å². The fourth-order valence-corrected chi connectivity index (χ4v) is 4.03. The first-order valence-electron chi connectivity index (χ1n) is 10.4. The summed E-state index contributed by atoms with van der Waals surface area (Å²) in [6, 6.07) is 18.4. The van der Waals surface area contributed by atoms with Gasteiger partial charge in [0.15, 0.2) is 0 Å². The van der Waals surface area contributed by atoms with E-state index < -0.39 is 0 Å². The van der Waals surface area contributed by atoms with Crippen LogP contribution in [0.5, 0.6) is 0 Å². The number of urea groups is 1. The van der Waals surface area contributed by atoms with Crippen LogP contribution < -0.4 is 10.6 Å². The largest absolute Gasteiger partial charge is 0.334 e. The fraction of sp³-hybridized carbons (Fsp3) is 0.250. The molecule has 2 N–H and O–H groups in total. The van der Waals surface area contributed by atoms with Gasteiger partial charge in [0.2, 0.25) is 0 Å². The molecule has 0 radical (unpaired) electrons. The van der Waals surface area contributed by atoms with Gasteiger partial charge in [-0.15, -0.1) is 0 Å².